The number of benzene rings is 1. The molecule has 0 bridgehead atoms. The zero-order valence-corrected chi connectivity index (χ0v) is 12.4. The third kappa shape index (κ3) is 3.11. The number of halogens is 1. The number of aromatic amines is 1. The molecule has 106 valence electrons. The lowest BCUT2D eigenvalue weighted by Gasteiger charge is -2.16. The number of aromatic nitrogens is 2. The van der Waals surface area contributed by atoms with E-state index in [1.54, 1.807) is 32.4 Å². The summed E-state index contributed by atoms with van der Waals surface area (Å²) in [6.45, 7) is 2.01. The van der Waals surface area contributed by atoms with E-state index in [2.05, 4.69) is 15.5 Å². The Hall–Kier alpha value is -2.01. The lowest BCUT2D eigenvalue weighted by atomic mass is 10.1. The molecule has 2 N–H and O–H groups in total. The molecule has 1 aromatic carbocycles. The Bertz CT molecular complexity index is 595. The highest BCUT2D eigenvalue weighted by atomic mass is 35.5. The number of amides is 1. The first-order chi connectivity index (χ1) is 9.49. The SMILES string of the molecule is CC(Nc1ccc(Cl)c(C(=O)N(C)C)c1)c1ccn[nH]1. The number of carbonyl (C=O) groups excluding carboxylic acids is 1. The molecule has 0 saturated carbocycles. The van der Waals surface area contributed by atoms with E-state index >= 15 is 0 Å². The van der Waals surface area contributed by atoms with Gasteiger partial charge in [-0.2, -0.15) is 5.10 Å². The molecule has 0 aliphatic heterocycles. The largest absolute Gasteiger partial charge is 0.377 e. The van der Waals surface area contributed by atoms with Gasteiger partial charge in [0.25, 0.3) is 5.91 Å². The van der Waals surface area contributed by atoms with Crippen molar-refractivity contribution in [1.29, 1.82) is 0 Å². The summed E-state index contributed by atoms with van der Waals surface area (Å²) in [4.78, 5) is 13.5. The number of rotatable bonds is 4. The van der Waals surface area contributed by atoms with Crippen molar-refractivity contribution >= 4 is 23.2 Å². The van der Waals surface area contributed by atoms with Crippen molar-refractivity contribution in [2.24, 2.45) is 0 Å². The highest BCUT2D eigenvalue weighted by molar-refractivity contribution is 6.34. The van der Waals surface area contributed by atoms with E-state index in [-0.39, 0.29) is 11.9 Å². The number of nitrogens with zero attached hydrogens (tertiary/aromatic N) is 2. The van der Waals surface area contributed by atoms with E-state index in [0.29, 0.717) is 10.6 Å². The molecular weight excluding hydrogens is 276 g/mol. The minimum absolute atomic E-state index is 0.0565. The van der Waals surface area contributed by atoms with Crippen molar-refractivity contribution < 1.29 is 4.79 Å². The van der Waals surface area contributed by atoms with Crippen LogP contribution in [0.15, 0.2) is 30.5 Å². The van der Waals surface area contributed by atoms with E-state index in [9.17, 15) is 4.79 Å². The van der Waals surface area contributed by atoms with E-state index in [1.165, 1.54) is 4.90 Å². The summed E-state index contributed by atoms with van der Waals surface area (Å²) >= 11 is 6.08. The van der Waals surface area contributed by atoms with Gasteiger partial charge < -0.3 is 10.2 Å². The number of hydrogen-bond donors (Lipinski definition) is 2. The molecule has 0 spiro atoms. The van der Waals surface area contributed by atoms with Crippen LogP contribution >= 0.6 is 11.6 Å². The normalized spacial score (nSPS) is 12.0. The molecule has 0 aliphatic rings. The maximum Gasteiger partial charge on any atom is 0.254 e. The maximum absolute atomic E-state index is 12.0. The quantitative estimate of drug-likeness (QED) is 0.911. The minimum Gasteiger partial charge on any atom is -0.377 e. The van der Waals surface area contributed by atoms with Crippen LogP contribution in [0.25, 0.3) is 0 Å². The lowest BCUT2D eigenvalue weighted by molar-refractivity contribution is 0.0828. The molecular formula is C14H17ClN4O. The van der Waals surface area contributed by atoms with Gasteiger partial charge >= 0.3 is 0 Å². The van der Waals surface area contributed by atoms with E-state index in [1.807, 2.05) is 19.1 Å². The zero-order valence-electron chi connectivity index (χ0n) is 11.6. The molecule has 1 unspecified atom stereocenters. The van der Waals surface area contributed by atoms with Gasteiger partial charge in [-0.25, -0.2) is 0 Å². The molecule has 1 atom stereocenters. The summed E-state index contributed by atoms with van der Waals surface area (Å²) in [5.74, 6) is -0.118. The van der Waals surface area contributed by atoms with Crippen molar-refractivity contribution in [1.82, 2.24) is 15.1 Å². The van der Waals surface area contributed by atoms with Crippen molar-refractivity contribution in [3.05, 3.63) is 46.7 Å². The second-order valence-corrected chi connectivity index (χ2v) is 5.18. The molecule has 2 rings (SSSR count). The average Bonchev–Trinajstić information content (AvgIpc) is 2.94. The molecule has 2 aromatic rings. The standard InChI is InChI=1S/C14H17ClN4O/c1-9(13-6-7-16-18-13)17-10-4-5-12(15)11(8-10)14(20)19(2)3/h4-9,17H,1-3H3,(H,16,18). The third-order valence-electron chi connectivity index (χ3n) is 2.97. The van der Waals surface area contributed by atoms with Gasteiger partial charge in [-0.1, -0.05) is 11.6 Å². The molecule has 0 aliphatic carbocycles. The van der Waals surface area contributed by atoms with Crippen LogP contribution in [0.2, 0.25) is 5.02 Å². The highest BCUT2D eigenvalue weighted by Gasteiger charge is 2.14. The average molecular weight is 293 g/mol. The fourth-order valence-corrected chi connectivity index (χ4v) is 2.05. The molecule has 0 saturated heterocycles. The fraction of sp³-hybridized carbons (Fsp3) is 0.286. The second kappa shape index (κ2) is 5.96. The van der Waals surface area contributed by atoms with Crippen LogP contribution in [0, 0.1) is 0 Å². The molecule has 6 heteroatoms. The van der Waals surface area contributed by atoms with Gasteiger partial charge in [0.05, 0.1) is 22.3 Å². The summed E-state index contributed by atoms with van der Waals surface area (Å²) in [6.07, 6.45) is 1.70. The Kier molecular flexibility index (Phi) is 4.29. The summed E-state index contributed by atoms with van der Waals surface area (Å²) in [5, 5.41) is 10.6. The first-order valence-corrected chi connectivity index (χ1v) is 6.64. The van der Waals surface area contributed by atoms with Gasteiger partial charge in [0, 0.05) is 26.0 Å². The first-order valence-electron chi connectivity index (χ1n) is 6.26. The van der Waals surface area contributed by atoms with Crippen molar-refractivity contribution in [3.63, 3.8) is 0 Å². The number of hydrogen-bond acceptors (Lipinski definition) is 3. The summed E-state index contributed by atoms with van der Waals surface area (Å²) in [6, 6.07) is 7.29. The van der Waals surface area contributed by atoms with Crippen LogP contribution in [-0.4, -0.2) is 35.1 Å². The van der Waals surface area contributed by atoms with Gasteiger partial charge in [-0.15, -0.1) is 0 Å². The Morgan fingerprint density at radius 3 is 2.75 bits per heavy atom. The van der Waals surface area contributed by atoms with E-state index in [0.717, 1.165) is 11.4 Å². The number of carbonyl (C=O) groups is 1. The fourth-order valence-electron chi connectivity index (χ4n) is 1.86. The lowest BCUT2D eigenvalue weighted by Crippen LogP contribution is -2.22. The number of anilines is 1. The molecule has 0 fully saturated rings. The van der Waals surface area contributed by atoms with Crippen LogP contribution in [0.5, 0.6) is 0 Å². The molecule has 0 radical (unpaired) electrons. The molecule has 1 heterocycles. The minimum atomic E-state index is -0.118. The van der Waals surface area contributed by atoms with Crippen LogP contribution in [0.1, 0.15) is 29.0 Å². The zero-order chi connectivity index (χ0) is 14.7. The van der Waals surface area contributed by atoms with Gasteiger partial charge in [0.2, 0.25) is 0 Å². The maximum atomic E-state index is 12.0. The summed E-state index contributed by atoms with van der Waals surface area (Å²) in [7, 11) is 3.40. The monoisotopic (exact) mass is 292 g/mol. The van der Waals surface area contributed by atoms with Gasteiger partial charge in [0.15, 0.2) is 0 Å². The molecule has 1 aromatic heterocycles. The van der Waals surface area contributed by atoms with Crippen molar-refractivity contribution in [3.8, 4) is 0 Å². The van der Waals surface area contributed by atoms with Gasteiger partial charge in [-0.3, -0.25) is 9.89 Å². The first kappa shape index (κ1) is 14.4. The second-order valence-electron chi connectivity index (χ2n) is 4.77. The van der Waals surface area contributed by atoms with Crippen LogP contribution < -0.4 is 5.32 Å². The van der Waals surface area contributed by atoms with Crippen LogP contribution in [0.3, 0.4) is 0 Å². The van der Waals surface area contributed by atoms with E-state index < -0.39 is 0 Å². The van der Waals surface area contributed by atoms with Gasteiger partial charge in [0.1, 0.15) is 0 Å². The van der Waals surface area contributed by atoms with E-state index in [4.69, 9.17) is 11.6 Å². The predicted molar refractivity (Wildman–Crippen MR) is 80.1 cm³/mol. The Labute approximate surface area is 122 Å². The molecule has 20 heavy (non-hydrogen) atoms. The topological polar surface area (TPSA) is 61.0 Å². The Balaban J connectivity index is 2.21. The Morgan fingerprint density at radius 1 is 1.40 bits per heavy atom. The molecule has 1 amide bonds. The van der Waals surface area contributed by atoms with Crippen molar-refractivity contribution in [2.45, 2.75) is 13.0 Å². The highest BCUT2D eigenvalue weighted by Crippen LogP contribution is 2.24. The van der Waals surface area contributed by atoms with Gasteiger partial charge in [-0.05, 0) is 31.2 Å². The summed E-state index contributed by atoms with van der Waals surface area (Å²) in [5.41, 5.74) is 2.29. The third-order valence-corrected chi connectivity index (χ3v) is 3.30. The Morgan fingerprint density at radius 2 is 2.15 bits per heavy atom. The predicted octanol–water partition coefficient (Wildman–Crippen LogP) is 2.94. The van der Waals surface area contributed by atoms with Crippen LogP contribution in [0.4, 0.5) is 5.69 Å². The molecule has 5 nitrogen and oxygen atoms in total. The van der Waals surface area contributed by atoms with Crippen LogP contribution in [-0.2, 0) is 0 Å². The number of H-pyrrole nitrogens is 1. The summed E-state index contributed by atoms with van der Waals surface area (Å²) < 4.78 is 0. The smallest absolute Gasteiger partial charge is 0.254 e. The van der Waals surface area contributed by atoms with Crippen molar-refractivity contribution in [2.75, 3.05) is 19.4 Å². The number of nitrogens with one attached hydrogen (secondary N) is 2.